The van der Waals surface area contributed by atoms with Gasteiger partial charge in [0.25, 0.3) is 0 Å². The summed E-state index contributed by atoms with van der Waals surface area (Å²) in [5.74, 6) is 2.11. The Bertz CT molecular complexity index is 676. The lowest BCUT2D eigenvalue weighted by atomic mass is 10.0. The van der Waals surface area contributed by atoms with Crippen molar-refractivity contribution < 1.29 is 9.32 Å². The molecule has 5 nitrogen and oxygen atoms in total. The van der Waals surface area contributed by atoms with Gasteiger partial charge < -0.3 is 9.42 Å². The minimum Gasteiger partial charge on any atom is -0.342 e. The highest BCUT2D eigenvalue weighted by molar-refractivity contribution is 5.76. The Hall–Kier alpha value is -2.17. The largest absolute Gasteiger partial charge is 0.342 e. The van der Waals surface area contributed by atoms with E-state index in [9.17, 15) is 4.79 Å². The Morgan fingerprint density at radius 1 is 1.35 bits per heavy atom. The molecule has 2 aromatic rings. The van der Waals surface area contributed by atoms with Crippen LogP contribution in [0.3, 0.4) is 0 Å². The monoisotopic (exact) mass is 313 g/mol. The van der Waals surface area contributed by atoms with E-state index in [2.05, 4.69) is 36.1 Å². The summed E-state index contributed by atoms with van der Waals surface area (Å²) in [5.41, 5.74) is 2.26. The van der Waals surface area contributed by atoms with Crippen LogP contribution in [-0.2, 0) is 4.79 Å². The molecule has 1 atom stereocenters. The van der Waals surface area contributed by atoms with Gasteiger partial charge in [0.05, 0.1) is 5.92 Å². The Morgan fingerprint density at radius 2 is 2.09 bits per heavy atom. The molecule has 5 heteroatoms. The van der Waals surface area contributed by atoms with Crippen LogP contribution in [0.4, 0.5) is 0 Å². The van der Waals surface area contributed by atoms with Gasteiger partial charge in [-0.1, -0.05) is 50.2 Å². The molecule has 1 fully saturated rings. The van der Waals surface area contributed by atoms with Crippen molar-refractivity contribution in [3.8, 4) is 11.4 Å². The average Bonchev–Trinajstić information content (AvgIpc) is 3.23. The van der Waals surface area contributed by atoms with Crippen LogP contribution in [0, 0.1) is 0 Å². The Balaban J connectivity index is 1.72. The molecule has 0 bridgehead atoms. The summed E-state index contributed by atoms with van der Waals surface area (Å²) in [4.78, 5) is 18.2. The Morgan fingerprint density at radius 3 is 2.74 bits per heavy atom. The lowest BCUT2D eigenvalue weighted by Gasteiger charge is -2.13. The molecule has 1 aromatic carbocycles. The lowest BCUT2D eigenvalue weighted by molar-refractivity contribution is -0.129. The molecule has 0 unspecified atom stereocenters. The summed E-state index contributed by atoms with van der Waals surface area (Å²) in [6.45, 7) is 7.69. The average molecular weight is 313 g/mol. The molecule has 2 heterocycles. The Labute approximate surface area is 136 Å². The second-order valence-corrected chi connectivity index (χ2v) is 6.41. The molecule has 1 aromatic heterocycles. The van der Waals surface area contributed by atoms with Crippen LogP contribution in [0.1, 0.15) is 56.9 Å². The molecule has 1 aliphatic heterocycles. The minimum atomic E-state index is 0.154. The maximum atomic E-state index is 11.8. The number of rotatable bonds is 4. The van der Waals surface area contributed by atoms with Gasteiger partial charge in [-0.3, -0.25) is 4.79 Å². The zero-order valence-electron chi connectivity index (χ0n) is 14.0. The summed E-state index contributed by atoms with van der Waals surface area (Å²) < 4.78 is 5.44. The number of hydrogen-bond donors (Lipinski definition) is 0. The zero-order chi connectivity index (χ0) is 16.4. The maximum Gasteiger partial charge on any atom is 0.231 e. The summed E-state index contributed by atoms with van der Waals surface area (Å²) >= 11 is 0. The Kier molecular flexibility index (Phi) is 4.46. The number of nitrogens with zero attached hydrogens (tertiary/aromatic N) is 3. The third kappa shape index (κ3) is 3.28. The molecule has 0 saturated carbocycles. The van der Waals surface area contributed by atoms with Crippen molar-refractivity contribution in [3.63, 3.8) is 0 Å². The van der Waals surface area contributed by atoms with Crippen LogP contribution in [0.5, 0.6) is 0 Å². The SMILES string of the molecule is CCC(=O)N1CC[C@H](c2nc(-c3ccc(C(C)C)cc3)no2)C1. The van der Waals surface area contributed by atoms with Crippen molar-refractivity contribution in [1.82, 2.24) is 15.0 Å². The van der Waals surface area contributed by atoms with Crippen molar-refractivity contribution >= 4 is 5.91 Å². The van der Waals surface area contributed by atoms with E-state index in [-0.39, 0.29) is 11.8 Å². The minimum absolute atomic E-state index is 0.154. The van der Waals surface area contributed by atoms with Crippen LogP contribution >= 0.6 is 0 Å². The maximum absolute atomic E-state index is 11.8. The van der Waals surface area contributed by atoms with Crippen LogP contribution < -0.4 is 0 Å². The van der Waals surface area contributed by atoms with Gasteiger partial charge in [-0.05, 0) is 17.9 Å². The first-order valence-electron chi connectivity index (χ1n) is 8.30. The van der Waals surface area contributed by atoms with E-state index in [4.69, 9.17) is 4.52 Å². The molecule has 0 aliphatic carbocycles. The van der Waals surface area contributed by atoms with E-state index in [1.807, 2.05) is 24.0 Å². The molecule has 0 spiro atoms. The van der Waals surface area contributed by atoms with E-state index < -0.39 is 0 Å². The molecule has 1 amide bonds. The number of benzene rings is 1. The second-order valence-electron chi connectivity index (χ2n) is 6.41. The fraction of sp³-hybridized carbons (Fsp3) is 0.500. The summed E-state index contributed by atoms with van der Waals surface area (Å²) in [6.07, 6.45) is 1.43. The third-order valence-corrected chi connectivity index (χ3v) is 4.47. The molecular formula is C18H23N3O2. The molecule has 23 heavy (non-hydrogen) atoms. The van der Waals surface area contributed by atoms with Gasteiger partial charge in [0.15, 0.2) is 0 Å². The van der Waals surface area contributed by atoms with Crippen molar-refractivity contribution in [2.24, 2.45) is 0 Å². The highest BCUT2D eigenvalue weighted by Gasteiger charge is 2.30. The van der Waals surface area contributed by atoms with Gasteiger partial charge in [-0.2, -0.15) is 4.98 Å². The summed E-state index contributed by atoms with van der Waals surface area (Å²) in [5, 5.41) is 4.11. The molecule has 0 radical (unpaired) electrons. The fourth-order valence-corrected chi connectivity index (χ4v) is 2.95. The predicted octanol–water partition coefficient (Wildman–Crippen LogP) is 3.59. The van der Waals surface area contributed by atoms with Crippen LogP contribution in [0.15, 0.2) is 28.8 Å². The van der Waals surface area contributed by atoms with Crippen molar-refractivity contribution in [1.29, 1.82) is 0 Å². The molecule has 122 valence electrons. The number of carbonyl (C=O) groups excluding carboxylic acids is 1. The van der Waals surface area contributed by atoms with E-state index in [1.165, 1.54) is 5.56 Å². The first kappa shape index (κ1) is 15.7. The van der Waals surface area contributed by atoms with Crippen LogP contribution in [-0.4, -0.2) is 34.0 Å². The van der Waals surface area contributed by atoms with Crippen LogP contribution in [0.25, 0.3) is 11.4 Å². The van der Waals surface area contributed by atoms with E-state index >= 15 is 0 Å². The number of amides is 1. The van der Waals surface area contributed by atoms with Gasteiger partial charge in [0.2, 0.25) is 17.6 Å². The number of likely N-dealkylation sites (tertiary alicyclic amines) is 1. The van der Waals surface area contributed by atoms with Crippen molar-refractivity contribution in [3.05, 3.63) is 35.7 Å². The van der Waals surface area contributed by atoms with E-state index in [0.29, 0.717) is 30.6 Å². The highest BCUT2D eigenvalue weighted by atomic mass is 16.5. The number of carbonyl (C=O) groups is 1. The smallest absolute Gasteiger partial charge is 0.231 e. The van der Waals surface area contributed by atoms with Gasteiger partial charge in [0, 0.05) is 25.1 Å². The van der Waals surface area contributed by atoms with Gasteiger partial charge in [-0.25, -0.2) is 0 Å². The first-order chi connectivity index (χ1) is 11.1. The topological polar surface area (TPSA) is 59.2 Å². The van der Waals surface area contributed by atoms with Crippen molar-refractivity contribution in [2.75, 3.05) is 13.1 Å². The fourth-order valence-electron chi connectivity index (χ4n) is 2.95. The van der Waals surface area contributed by atoms with Gasteiger partial charge in [-0.15, -0.1) is 0 Å². The second kappa shape index (κ2) is 6.52. The van der Waals surface area contributed by atoms with Crippen molar-refractivity contribution in [2.45, 2.75) is 45.4 Å². The van der Waals surface area contributed by atoms with Crippen LogP contribution in [0.2, 0.25) is 0 Å². The molecule has 3 rings (SSSR count). The zero-order valence-corrected chi connectivity index (χ0v) is 14.0. The van der Waals surface area contributed by atoms with Gasteiger partial charge >= 0.3 is 0 Å². The van der Waals surface area contributed by atoms with E-state index in [0.717, 1.165) is 18.5 Å². The quantitative estimate of drug-likeness (QED) is 0.865. The molecule has 0 N–H and O–H groups in total. The first-order valence-corrected chi connectivity index (χ1v) is 8.30. The number of hydrogen-bond acceptors (Lipinski definition) is 4. The standard InChI is InChI=1S/C18H23N3O2/c1-4-16(22)21-10-9-15(11-21)18-19-17(20-23-18)14-7-5-13(6-8-14)12(2)3/h5-8,12,15H,4,9-11H2,1-3H3/t15-/m0/s1. The summed E-state index contributed by atoms with van der Waals surface area (Å²) in [6, 6.07) is 8.28. The lowest BCUT2D eigenvalue weighted by Crippen LogP contribution is -2.27. The molecule has 1 saturated heterocycles. The molecular weight excluding hydrogens is 290 g/mol. The summed E-state index contributed by atoms with van der Waals surface area (Å²) in [7, 11) is 0. The third-order valence-electron chi connectivity index (χ3n) is 4.47. The normalized spacial score (nSPS) is 17.9. The number of aromatic nitrogens is 2. The van der Waals surface area contributed by atoms with Gasteiger partial charge in [0.1, 0.15) is 0 Å². The predicted molar refractivity (Wildman–Crippen MR) is 88.1 cm³/mol. The molecule has 1 aliphatic rings. The highest BCUT2D eigenvalue weighted by Crippen LogP contribution is 2.28. The van der Waals surface area contributed by atoms with E-state index in [1.54, 1.807) is 0 Å².